The molecule has 0 aliphatic rings. The molecule has 2 rings (SSSR count). The van der Waals surface area contributed by atoms with Crippen LogP contribution in [0.3, 0.4) is 0 Å². The largest absolute Gasteiger partial charge is 0.398 e. The van der Waals surface area contributed by atoms with Crippen molar-refractivity contribution < 1.29 is 0 Å². The van der Waals surface area contributed by atoms with Crippen molar-refractivity contribution in [1.82, 2.24) is 9.78 Å². The zero-order chi connectivity index (χ0) is 11.7. The van der Waals surface area contributed by atoms with Gasteiger partial charge in [0.2, 0.25) is 0 Å². The summed E-state index contributed by atoms with van der Waals surface area (Å²) in [7, 11) is 0. The lowest BCUT2D eigenvalue weighted by Crippen LogP contribution is -2.06. The van der Waals surface area contributed by atoms with Crippen molar-refractivity contribution in [2.24, 2.45) is 0 Å². The lowest BCUT2D eigenvalue weighted by Gasteiger charge is -2.13. The molecule has 2 aromatic rings. The normalized spacial score (nSPS) is 11.0. The van der Waals surface area contributed by atoms with Crippen LogP contribution in [0.25, 0.3) is 11.3 Å². The first-order chi connectivity index (χ1) is 7.61. The molecule has 16 heavy (non-hydrogen) atoms. The quantitative estimate of drug-likeness (QED) is 0.782. The third-order valence-corrected chi connectivity index (χ3v) is 2.68. The molecule has 0 aliphatic carbocycles. The molecule has 0 radical (unpaired) electrons. The van der Waals surface area contributed by atoms with Crippen molar-refractivity contribution in [3.63, 3.8) is 0 Å². The summed E-state index contributed by atoms with van der Waals surface area (Å²) in [5.74, 6) is 0. The maximum absolute atomic E-state index is 6.01. The number of nitrogen functional groups attached to an aromatic ring is 1. The van der Waals surface area contributed by atoms with Crippen molar-refractivity contribution in [2.75, 3.05) is 5.73 Å². The third-order valence-electron chi connectivity index (χ3n) is 2.68. The topological polar surface area (TPSA) is 43.8 Å². The fourth-order valence-electron chi connectivity index (χ4n) is 1.89. The molecule has 0 bridgehead atoms. The van der Waals surface area contributed by atoms with Gasteiger partial charge in [-0.2, -0.15) is 5.10 Å². The highest BCUT2D eigenvalue weighted by Crippen LogP contribution is 2.30. The van der Waals surface area contributed by atoms with E-state index in [-0.39, 0.29) is 0 Å². The van der Waals surface area contributed by atoms with Gasteiger partial charge in [0, 0.05) is 17.3 Å². The van der Waals surface area contributed by atoms with Gasteiger partial charge >= 0.3 is 0 Å². The number of hydrogen-bond acceptors (Lipinski definition) is 2. The van der Waals surface area contributed by atoms with E-state index in [1.54, 1.807) is 0 Å². The Bertz CT molecular complexity index is 498. The SMILES string of the molecule is Cc1cnn(C(C)C)c1-c1ccccc1N. The number of rotatable bonds is 2. The smallest absolute Gasteiger partial charge is 0.0735 e. The summed E-state index contributed by atoms with van der Waals surface area (Å²) in [5, 5.41) is 4.39. The first kappa shape index (κ1) is 10.7. The first-order valence-electron chi connectivity index (χ1n) is 5.50. The van der Waals surface area contributed by atoms with Crippen molar-refractivity contribution in [3.05, 3.63) is 36.0 Å². The van der Waals surface area contributed by atoms with Crippen molar-refractivity contribution in [2.45, 2.75) is 26.8 Å². The summed E-state index contributed by atoms with van der Waals surface area (Å²) >= 11 is 0. The van der Waals surface area contributed by atoms with Crippen LogP contribution in [0.5, 0.6) is 0 Å². The predicted octanol–water partition coefficient (Wildman–Crippen LogP) is 3.02. The Balaban J connectivity index is 2.64. The van der Waals surface area contributed by atoms with Gasteiger partial charge in [0.05, 0.1) is 11.9 Å². The van der Waals surface area contributed by atoms with Crippen LogP contribution in [0, 0.1) is 6.92 Å². The van der Waals surface area contributed by atoms with Crippen molar-refractivity contribution in [1.29, 1.82) is 0 Å². The van der Waals surface area contributed by atoms with Crippen LogP contribution in [0.1, 0.15) is 25.5 Å². The van der Waals surface area contributed by atoms with Gasteiger partial charge in [-0.15, -0.1) is 0 Å². The zero-order valence-electron chi connectivity index (χ0n) is 9.94. The molecule has 3 nitrogen and oxygen atoms in total. The highest BCUT2D eigenvalue weighted by Gasteiger charge is 2.13. The van der Waals surface area contributed by atoms with Crippen LogP contribution in [0.15, 0.2) is 30.5 Å². The van der Waals surface area contributed by atoms with Crippen LogP contribution in [-0.2, 0) is 0 Å². The van der Waals surface area contributed by atoms with Gasteiger partial charge in [0.25, 0.3) is 0 Å². The summed E-state index contributed by atoms with van der Waals surface area (Å²) in [6.07, 6.45) is 1.89. The Morgan fingerprint density at radius 3 is 2.56 bits per heavy atom. The van der Waals surface area contributed by atoms with E-state index in [9.17, 15) is 0 Å². The first-order valence-corrected chi connectivity index (χ1v) is 5.50. The van der Waals surface area contributed by atoms with E-state index in [1.165, 1.54) is 0 Å². The second kappa shape index (κ2) is 4.00. The Morgan fingerprint density at radius 2 is 1.94 bits per heavy atom. The number of para-hydroxylation sites is 1. The van der Waals surface area contributed by atoms with Gasteiger partial charge in [-0.3, -0.25) is 4.68 Å². The molecule has 0 fully saturated rings. The lowest BCUT2D eigenvalue weighted by atomic mass is 10.1. The average molecular weight is 215 g/mol. The highest BCUT2D eigenvalue weighted by atomic mass is 15.3. The van der Waals surface area contributed by atoms with Gasteiger partial charge in [-0.1, -0.05) is 18.2 Å². The number of aryl methyl sites for hydroxylation is 1. The molecule has 2 N–H and O–H groups in total. The fourth-order valence-corrected chi connectivity index (χ4v) is 1.89. The number of nitrogens with two attached hydrogens (primary N) is 1. The van der Waals surface area contributed by atoms with E-state index >= 15 is 0 Å². The van der Waals surface area contributed by atoms with Crippen molar-refractivity contribution in [3.8, 4) is 11.3 Å². The monoisotopic (exact) mass is 215 g/mol. The van der Waals surface area contributed by atoms with E-state index in [0.29, 0.717) is 6.04 Å². The molecule has 1 aromatic carbocycles. The molecule has 3 heteroatoms. The molecule has 1 heterocycles. The minimum absolute atomic E-state index is 0.336. The summed E-state index contributed by atoms with van der Waals surface area (Å²) in [6, 6.07) is 8.25. The third kappa shape index (κ3) is 1.69. The fraction of sp³-hybridized carbons (Fsp3) is 0.308. The van der Waals surface area contributed by atoms with Gasteiger partial charge < -0.3 is 5.73 Å². The Labute approximate surface area is 95.9 Å². The Morgan fingerprint density at radius 1 is 1.25 bits per heavy atom. The standard InChI is InChI=1S/C13H17N3/c1-9(2)16-13(10(3)8-15-16)11-6-4-5-7-12(11)14/h4-9H,14H2,1-3H3. The summed E-state index contributed by atoms with van der Waals surface area (Å²) < 4.78 is 2.01. The zero-order valence-corrected chi connectivity index (χ0v) is 9.94. The molecular formula is C13H17N3. The van der Waals surface area contributed by atoms with Crippen LogP contribution in [0.2, 0.25) is 0 Å². The lowest BCUT2D eigenvalue weighted by molar-refractivity contribution is 0.538. The second-order valence-electron chi connectivity index (χ2n) is 4.30. The summed E-state index contributed by atoms with van der Waals surface area (Å²) in [4.78, 5) is 0. The number of benzene rings is 1. The van der Waals surface area contributed by atoms with Crippen LogP contribution in [0.4, 0.5) is 5.69 Å². The molecular weight excluding hydrogens is 198 g/mol. The van der Waals surface area contributed by atoms with Gasteiger partial charge in [-0.25, -0.2) is 0 Å². The van der Waals surface area contributed by atoms with Crippen LogP contribution >= 0.6 is 0 Å². The molecule has 0 unspecified atom stereocenters. The van der Waals surface area contributed by atoms with Gasteiger partial charge in [-0.05, 0) is 32.4 Å². The molecule has 0 saturated heterocycles. The molecule has 0 atom stereocenters. The number of anilines is 1. The van der Waals surface area contributed by atoms with E-state index in [0.717, 1.165) is 22.5 Å². The van der Waals surface area contributed by atoms with Gasteiger partial charge in [0.1, 0.15) is 0 Å². The Kier molecular flexibility index (Phi) is 2.69. The minimum atomic E-state index is 0.336. The molecule has 0 saturated carbocycles. The number of nitrogens with zero attached hydrogens (tertiary/aromatic N) is 2. The highest BCUT2D eigenvalue weighted by molar-refractivity contribution is 5.75. The van der Waals surface area contributed by atoms with Crippen LogP contribution in [-0.4, -0.2) is 9.78 Å². The average Bonchev–Trinajstić information content (AvgIpc) is 2.61. The van der Waals surface area contributed by atoms with E-state index < -0.39 is 0 Å². The summed E-state index contributed by atoms with van der Waals surface area (Å²) in [5.41, 5.74) is 10.1. The predicted molar refractivity (Wildman–Crippen MR) is 67.2 cm³/mol. The molecule has 0 aliphatic heterocycles. The van der Waals surface area contributed by atoms with E-state index in [4.69, 9.17) is 5.73 Å². The molecule has 0 amide bonds. The van der Waals surface area contributed by atoms with E-state index in [1.807, 2.05) is 35.1 Å². The summed E-state index contributed by atoms with van der Waals surface area (Å²) in [6.45, 7) is 6.30. The molecule has 0 spiro atoms. The maximum Gasteiger partial charge on any atom is 0.0735 e. The number of aromatic nitrogens is 2. The van der Waals surface area contributed by atoms with E-state index in [2.05, 4.69) is 25.9 Å². The molecule has 84 valence electrons. The maximum atomic E-state index is 6.01. The van der Waals surface area contributed by atoms with Crippen LogP contribution < -0.4 is 5.73 Å². The second-order valence-corrected chi connectivity index (χ2v) is 4.30. The molecule has 1 aromatic heterocycles. The number of hydrogen-bond donors (Lipinski definition) is 1. The van der Waals surface area contributed by atoms with Gasteiger partial charge in [0.15, 0.2) is 0 Å². The van der Waals surface area contributed by atoms with Crippen molar-refractivity contribution >= 4 is 5.69 Å². The Hall–Kier alpha value is -1.77. The minimum Gasteiger partial charge on any atom is -0.398 e.